The Hall–Kier alpha value is -4.26. The summed E-state index contributed by atoms with van der Waals surface area (Å²) in [4.78, 5) is 51.1. The number of nitrogens with zero attached hydrogens (tertiary/aromatic N) is 1. The minimum absolute atomic E-state index is 0.00786. The van der Waals surface area contributed by atoms with Crippen LogP contribution in [0.25, 0.3) is 0 Å². The molecule has 7 heteroatoms. The molecule has 0 unspecified atom stereocenters. The standard InChI is InChI=1S/C25H19NO6/c27-22(32-15-16-7-3-1-4-8-16)14-21(17-9-5-2-6-10-17)26-23(28)19-12-11-18(25(30)31)13-20(19)24(26)29/h1-13,21H,14-15H2,(H,30,31)/t21-/m1/s1. The second kappa shape index (κ2) is 8.85. The van der Waals surface area contributed by atoms with E-state index in [2.05, 4.69) is 0 Å². The topological polar surface area (TPSA) is 101 Å². The molecule has 0 bridgehead atoms. The second-order valence-electron chi connectivity index (χ2n) is 7.32. The Kier molecular flexibility index (Phi) is 5.81. The first-order valence-electron chi connectivity index (χ1n) is 9.95. The van der Waals surface area contributed by atoms with Crippen LogP contribution in [0.2, 0.25) is 0 Å². The first-order valence-corrected chi connectivity index (χ1v) is 9.95. The number of imide groups is 1. The lowest BCUT2D eigenvalue weighted by Crippen LogP contribution is -2.35. The van der Waals surface area contributed by atoms with Gasteiger partial charge in [-0.2, -0.15) is 0 Å². The first-order chi connectivity index (χ1) is 15.5. The highest BCUT2D eigenvalue weighted by Gasteiger charge is 2.41. The van der Waals surface area contributed by atoms with Crippen molar-refractivity contribution in [2.75, 3.05) is 0 Å². The SMILES string of the molecule is O=C(C[C@H](c1ccccc1)N1C(=O)c2ccc(C(=O)O)cc2C1=O)OCc1ccccc1. The molecule has 32 heavy (non-hydrogen) atoms. The molecular weight excluding hydrogens is 410 g/mol. The highest BCUT2D eigenvalue weighted by molar-refractivity contribution is 6.22. The lowest BCUT2D eigenvalue weighted by molar-refractivity contribution is -0.146. The van der Waals surface area contributed by atoms with E-state index >= 15 is 0 Å². The van der Waals surface area contributed by atoms with Crippen molar-refractivity contribution in [3.63, 3.8) is 0 Å². The Bertz CT molecular complexity index is 1190. The molecule has 3 aromatic carbocycles. The Morgan fingerprint density at radius 1 is 0.844 bits per heavy atom. The van der Waals surface area contributed by atoms with E-state index in [4.69, 9.17) is 4.74 Å². The monoisotopic (exact) mass is 429 g/mol. The summed E-state index contributed by atoms with van der Waals surface area (Å²) in [5.74, 6) is -2.98. The predicted molar refractivity (Wildman–Crippen MR) is 114 cm³/mol. The number of amides is 2. The van der Waals surface area contributed by atoms with Crippen LogP contribution in [0.15, 0.2) is 78.9 Å². The molecule has 1 heterocycles. The third kappa shape index (κ3) is 4.13. The van der Waals surface area contributed by atoms with Gasteiger partial charge in [-0.25, -0.2) is 4.79 Å². The summed E-state index contributed by atoms with van der Waals surface area (Å²) in [6.07, 6.45) is -0.228. The van der Waals surface area contributed by atoms with Crippen LogP contribution < -0.4 is 0 Å². The van der Waals surface area contributed by atoms with Crippen molar-refractivity contribution in [2.24, 2.45) is 0 Å². The third-order valence-corrected chi connectivity index (χ3v) is 5.26. The summed E-state index contributed by atoms with van der Waals surface area (Å²) in [6.45, 7) is 0.0747. The van der Waals surface area contributed by atoms with Crippen LogP contribution in [0.4, 0.5) is 0 Å². The average molecular weight is 429 g/mol. The van der Waals surface area contributed by atoms with Gasteiger partial charge in [0.1, 0.15) is 6.61 Å². The smallest absolute Gasteiger partial charge is 0.335 e. The lowest BCUT2D eigenvalue weighted by atomic mass is 10.0. The zero-order valence-corrected chi connectivity index (χ0v) is 16.9. The van der Waals surface area contributed by atoms with E-state index in [0.29, 0.717) is 5.56 Å². The van der Waals surface area contributed by atoms with Crippen molar-refractivity contribution in [1.82, 2.24) is 4.90 Å². The van der Waals surface area contributed by atoms with Crippen LogP contribution in [0.1, 0.15) is 54.7 Å². The van der Waals surface area contributed by atoms with Gasteiger partial charge in [-0.3, -0.25) is 19.3 Å². The zero-order valence-electron chi connectivity index (χ0n) is 16.9. The number of carbonyl (C=O) groups is 4. The molecule has 0 saturated heterocycles. The molecule has 1 atom stereocenters. The maximum absolute atomic E-state index is 13.1. The summed E-state index contributed by atoms with van der Waals surface area (Å²) in [6, 6.07) is 20.8. The molecule has 0 spiro atoms. The lowest BCUT2D eigenvalue weighted by Gasteiger charge is -2.26. The molecule has 1 aliphatic rings. The summed E-state index contributed by atoms with van der Waals surface area (Å²) < 4.78 is 5.37. The van der Waals surface area contributed by atoms with Gasteiger partial charge >= 0.3 is 11.9 Å². The van der Waals surface area contributed by atoms with Crippen LogP contribution in [0.3, 0.4) is 0 Å². The van der Waals surface area contributed by atoms with Crippen molar-refractivity contribution in [3.8, 4) is 0 Å². The number of hydrogen-bond donors (Lipinski definition) is 1. The number of fused-ring (bicyclic) bond motifs is 1. The molecule has 0 aliphatic carbocycles. The second-order valence-corrected chi connectivity index (χ2v) is 7.32. The summed E-state index contributed by atoms with van der Waals surface area (Å²) in [5, 5.41) is 9.22. The highest BCUT2D eigenvalue weighted by atomic mass is 16.5. The average Bonchev–Trinajstić information content (AvgIpc) is 3.06. The molecule has 0 fully saturated rings. The van der Waals surface area contributed by atoms with Crippen LogP contribution in [-0.4, -0.2) is 33.8 Å². The molecule has 1 N–H and O–H groups in total. The van der Waals surface area contributed by atoms with Crippen molar-refractivity contribution >= 4 is 23.8 Å². The number of benzene rings is 3. The first kappa shape index (κ1) is 21.0. The molecular formula is C25H19NO6. The van der Waals surface area contributed by atoms with E-state index in [1.807, 2.05) is 30.3 Å². The van der Waals surface area contributed by atoms with E-state index in [0.717, 1.165) is 10.5 Å². The predicted octanol–water partition coefficient (Wildman–Crippen LogP) is 3.86. The molecule has 0 aromatic heterocycles. The number of aromatic carboxylic acids is 1. The van der Waals surface area contributed by atoms with Crippen molar-refractivity contribution in [2.45, 2.75) is 19.1 Å². The van der Waals surface area contributed by atoms with Gasteiger partial charge in [0.25, 0.3) is 11.8 Å². The molecule has 2 amide bonds. The summed E-state index contributed by atoms with van der Waals surface area (Å²) in [5.41, 5.74) is 1.44. The van der Waals surface area contributed by atoms with Gasteiger partial charge in [-0.1, -0.05) is 60.7 Å². The number of ether oxygens (including phenoxy) is 1. The van der Waals surface area contributed by atoms with Gasteiger partial charge in [0, 0.05) is 0 Å². The van der Waals surface area contributed by atoms with Crippen LogP contribution in [0.5, 0.6) is 0 Å². The molecule has 0 radical (unpaired) electrons. The van der Waals surface area contributed by atoms with Gasteiger partial charge in [0.15, 0.2) is 0 Å². The normalized spacial score (nSPS) is 13.6. The van der Waals surface area contributed by atoms with E-state index in [1.165, 1.54) is 18.2 Å². The number of carboxylic acids is 1. The van der Waals surface area contributed by atoms with Crippen LogP contribution in [0, 0.1) is 0 Å². The van der Waals surface area contributed by atoms with Crippen LogP contribution >= 0.6 is 0 Å². The fraction of sp³-hybridized carbons (Fsp3) is 0.120. The Morgan fingerprint density at radius 3 is 2.12 bits per heavy atom. The number of carbonyl (C=O) groups excluding carboxylic acids is 3. The fourth-order valence-corrected chi connectivity index (χ4v) is 3.66. The summed E-state index contributed by atoms with van der Waals surface area (Å²) >= 11 is 0. The molecule has 3 aromatic rings. The van der Waals surface area contributed by atoms with Gasteiger partial charge in [0.2, 0.25) is 0 Å². The summed E-state index contributed by atoms with van der Waals surface area (Å²) in [7, 11) is 0. The van der Waals surface area contributed by atoms with E-state index in [-0.39, 0.29) is 29.7 Å². The minimum atomic E-state index is -1.20. The molecule has 4 rings (SSSR count). The number of carboxylic acid groups (broad SMARTS) is 1. The maximum Gasteiger partial charge on any atom is 0.335 e. The quantitative estimate of drug-likeness (QED) is 0.452. The van der Waals surface area contributed by atoms with Gasteiger partial charge in [0.05, 0.1) is 29.2 Å². The molecule has 7 nitrogen and oxygen atoms in total. The van der Waals surface area contributed by atoms with E-state index in [1.54, 1.807) is 30.3 Å². The van der Waals surface area contributed by atoms with E-state index in [9.17, 15) is 24.3 Å². The minimum Gasteiger partial charge on any atom is -0.478 e. The van der Waals surface area contributed by atoms with Gasteiger partial charge < -0.3 is 9.84 Å². The van der Waals surface area contributed by atoms with E-state index < -0.39 is 29.8 Å². The van der Waals surface area contributed by atoms with Crippen molar-refractivity contribution < 1.29 is 29.0 Å². The fourth-order valence-electron chi connectivity index (χ4n) is 3.66. The number of rotatable bonds is 7. The maximum atomic E-state index is 13.1. The molecule has 160 valence electrons. The number of hydrogen-bond acceptors (Lipinski definition) is 5. The zero-order chi connectivity index (χ0) is 22.7. The third-order valence-electron chi connectivity index (χ3n) is 5.26. The Balaban J connectivity index is 1.61. The Morgan fingerprint density at radius 2 is 1.47 bits per heavy atom. The molecule has 1 aliphatic heterocycles. The Labute approximate surface area is 183 Å². The number of esters is 1. The molecule has 0 saturated carbocycles. The van der Waals surface area contributed by atoms with Crippen molar-refractivity contribution in [1.29, 1.82) is 0 Å². The van der Waals surface area contributed by atoms with Crippen LogP contribution in [-0.2, 0) is 16.1 Å². The van der Waals surface area contributed by atoms with Crippen molar-refractivity contribution in [3.05, 3.63) is 107 Å². The van der Waals surface area contributed by atoms with Gasteiger partial charge in [-0.15, -0.1) is 0 Å². The highest BCUT2D eigenvalue weighted by Crippen LogP contribution is 2.34. The largest absolute Gasteiger partial charge is 0.478 e. The van der Waals surface area contributed by atoms with Gasteiger partial charge in [-0.05, 0) is 29.3 Å².